The lowest BCUT2D eigenvalue weighted by atomic mass is 9.91. The number of hydrogen-bond acceptors (Lipinski definition) is 6. The molecule has 1 saturated heterocycles. The molecule has 8 heteroatoms. The Morgan fingerprint density at radius 2 is 1.82 bits per heavy atom. The molecule has 190 valence electrons. The molecule has 0 aromatic heterocycles. The van der Waals surface area contributed by atoms with Crippen LogP contribution in [0.4, 0.5) is 0 Å². The van der Waals surface area contributed by atoms with E-state index < -0.39 is 5.41 Å². The first-order valence-corrected chi connectivity index (χ1v) is 12.3. The summed E-state index contributed by atoms with van der Waals surface area (Å²) in [4.78, 5) is 28.0. The lowest BCUT2D eigenvalue weighted by molar-refractivity contribution is -0.138. The fourth-order valence-corrected chi connectivity index (χ4v) is 4.16. The van der Waals surface area contributed by atoms with Crippen molar-refractivity contribution in [3.63, 3.8) is 0 Å². The Morgan fingerprint density at radius 3 is 2.47 bits per heavy atom. The number of carbonyl (C=O) groups is 2. The zero-order chi connectivity index (χ0) is 24.7. The second-order valence-corrected chi connectivity index (χ2v) is 10.4. The van der Waals surface area contributed by atoms with Crippen molar-refractivity contribution in [2.45, 2.75) is 65.1 Å². The molecule has 1 aliphatic heterocycles. The van der Waals surface area contributed by atoms with E-state index in [1.807, 2.05) is 43.9 Å². The Bertz CT molecular complexity index is 834. The molecular formula is C26H41N3O5. The summed E-state index contributed by atoms with van der Waals surface area (Å²) in [7, 11) is 3.31. The van der Waals surface area contributed by atoms with Crippen LogP contribution < -0.4 is 20.1 Å². The lowest BCUT2D eigenvalue weighted by Gasteiger charge is -2.35. The van der Waals surface area contributed by atoms with E-state index in [4.69, 9.17) is 14.2 Å². The van der Waals surface area contributed by atoms with E-state index in [1.165, 1.54) is 0 Å². The van der Waals surface area contributed by atoms with Gasteiger partial charge in [-0.25, -0.2) is 0 Å². The van der Waals surface area contributed by atoms with Gasteiger partial charge in [0.2, 0.25) is 11.8 Å². The van der Waals surface area contributed by atoms with Gasteiger partial charge in [-0.3, -0.25) is 9.59 Å². The highest BCUT2D eigenvalue weighted by Gasteiger charge is 2.38. The summed E-state index contributed by atoms with van der Waals surface area (Å²) in [6.07, 6.45) is 3.51. The summed E-state index contributed by atoms with van der Waals surface area (Å²) < 4.78 is 16.5. The van der Waals surface area contributed by atoms with Gasteiger partial charge in [0.25, 0.3) is 0 Å². The van der Waals surface area contributed by atoms with Gasteiger partial charge < -0.3 is 29.7 Å². The molecule has 2 aliphatic rings. The fraction of sp³-hybridized carbons (Fsp3) is 0.692. The Hall–Kier alpha value is -2.32. The number of carbonyl (C=O) groups excluding carboxylic acids is 2. The third-order valence-electron chi connectivity index (χ3n) is 6.28. The molecule has 1 aromatic carbocycles. The van der Waals surface area contributed by atoms with Crippen LogP contribution in [-0.4, -0.2) is 69.3 Å². The van der Waals surface area contributed by atoms with Crippen LogP contribution in [-0.2, 0) is 20.9 Å². The number of nitrogens with zero attached hydrogens (tertiary/aromatic N) is 1. The van der Waals surface area contributed by atoms with Crippen LogP contribution in [0.5, 0.6) is 11.5 Å². The van der Waals surface area contributed by atoms with E-state index in [-0.39, 0.29) is 29.8 Å². The van der Waals surface area contributed by atoms with E-state index >= 15 is 0 Å². The number of piperidine rings is 1. The van der Waals surface area contributed by atoms with E-state index in [9.17, 15) is 9.59 Å². The van der Waals surface area contributed by atoms with Crippen LogP contribution in [0.2, 0.25) is 0 Å². The summed E-state index contributed by atoms with van der Waals surface area (Å²) in [6, 6.07) is 6.06. The van der Waals surface area contributed by atoms with Crippen LogP contribution in [0.25, 0.3) is 0 Å². The van der Waals surface area contributed by atoms with Crippen molar-refractivity contribution >= 4 is 11.8 Å². The Balaban J connectivity index is 1.66. The monoisotopic (exact) mass is 475 g/mol. The van der Waals surface area contributed by atoms with Gasteiger partial charge in [0, 0.05) is 63.3 Å². The highest BCUT2D eigenvalue weighted by atomic mass is 16.5. The van der Waals surface area contributed by atoms with Gasteiger partial charge in [0.05, 0.1) is 19.6 Å². The van der Waals surface area contributed by atoms with E-state index in [1.54, 1.807) is 14.2 Å². The molecule has 1 heterocycles. The number of rotatable bonds is 11. The molecular weight excluding hydrogens is 434 g/mol. The van der Waals surface area contributed by atoms with Crippen molar-refractivity contribution in [2.24, 2.45) is 11.3 Å². The standard InChI is InChI=1S/C26H41N3O5/c1-26(2,3)25(31)28-20-13-19(15-27-16-20)24(30)29(21-7-8-21)17-18-11-22(33-5)14-23(12-18)34-10-6-9-32-4/h11-12,14,19-21,27H,6-10,13,15-17H2,1-5H3,(H,28,31). The first-order chi connectivity index (χ1) is 16.2. The highest BCUT2D eigenvalue weighted by Crippen LogP contribution is 2.32. The maximum atomic E-state index is 13.6. The average molecular weight is 476 g/mol. The third kappa shape index (κ3) is 7.60. The van der Waals surface area contributed by atoms with Gasteiger partial charge in [-0.05, 0) is 37.0 Å². The second-order valence-electron chi connectivity index (χ2n) is 10.4. The van der Waals surface area contributed by atoms with E-state index in [0.29, 0.717) is 45.0 Å². The maximum absolute atomic E-state index is 13.6. The zero-order valence-corrected chi connectivity index (χ0v) is 21.3. The van der Waals surface area contributed by atoms with Gasteiger partial charge in [0.1, 0.15) is 11.5 Å². The summed E-state index contributed by atoms with van der Waals surface area (Å²) in [5.41, 5.74) is 0.537. The molecule has 3 rings (SSSR count). The largest absolute Gasteiger partial charge is 0.497 e. The van der Waals surface area contributed by atoms with Crippen molar-refractivity contribution in [1.82, 2.24) is 15.5 Å². The minimum Gasteiger partial charge on any atom is -0.497 e. The first-order valence-electron chi connectivity index (χ1n) is 12.3. The predicted molar refractivity (Wildman–Crippen MR) is 131 cm³/mol. The first kappa shape index (κ1) is 26.3. The Labute approximate surface area is 203 Å². The number of hydrogen-bond donors (Lipinski definition) is 2. The van der Waals surface area contributed by atoms with Crippen molar-refractivity contribution < 1.29 is 23.8 Å². The van der Waals surface area contributed by atoms with Crippen LogP contribution >= 0.6 is 0 Å². The topological polar surface area (TPSA) is 89.1 Å². The molecule has 1 aromatic rings. The third-order valence-corrected chi connectivity index (χ3v) is 6.28. The normalized spacial score (nSPS) is 20.5. The summed E-state index contributed by atoms with van der Waals surface area (Å²) >= 11 is 0. The quantitative estimate of drug-likeness (QED) is 0.479. The van der Waals surface area contributed by atoms with Gasteiger partial charge in [-0.1, -0.05) is 20.8 Å². The minimum absolute atomic E-state index is 0.0147. The maximum Gasteiger partial charge on any atom is 0.227 e. The van der Waals surface area contributed by atoms with Crippen molar-refractivity contribution in [2.75, 3.05) is 40.5 Å². The fourth-order valence-electron chi connectivity index (χ4n) is 4.16. The Morgan fingerprint density at radius 1 is 1.09 bits per heavy atom. The van der Waals surface area contributed by atoms with Crippen molar-refractivity contribution in [1.29, 1.82) is 0 Å². The van der Waals surface area contributed by atoms with Gasteiger partial charge in [-0.15, -0.1) is 0 Å². The van der Waals surface area contributed by atoms with Crippen LogP contribution in [0.3, 0.4) is 0 Å². The van der Waals surface area contributed by atoms with E-state index in [0.717, 1.165) is 30.6 Å². The summed E-state index contributed by atoms with van der Waals surface area (Å²) in [6.45, 7) is 8.75. The van der Waals surface area contributed by atoms with Crippen LogP contribution in [0.1, 0.15) is 52.0 Å². The number of amides is 2. The zero-order valence-electron chi connectivity index (χ0n) is 21.3. The number of nitrogens with one attached hydrogen (secondary N) is 2. The molecule has 2 atom stereocenters. The number of benzene rings is 1. The molecule has 2 unspecified atom stereocenters. The molecule has 2 amide bonds. The minimum atomic E-state index is -0.452. The van der Waals surface area contributed by atoms with E-state index in [2.05, 4.69) is 10.6 Å². The molecule has 0 spiro atoms. The number of methoxy groups -OCH3 is 2. The molecule has 2 N–H and O–H groups in total. The predicted octanol–water partition coefficient (Wildman–Crippen LogP) is 2.74. The molecule has 8 nitrogen and oxygen atoms in total. The molecule has 2 fully saturated rings. The molecule has 0 radical (unpaired) electrons. The van der Waals surface area contributed by atoms with Crippen molar-refractivity contribution in [3.8, 4) is 11.5 Å². The average Bonchev–Trinajstić information content (AvgIpc) is 3.64. The van der Waals surface area contributed by atoms with Crippen LogP contribution in [0.15, 0.2) is 18.2 Å². The SMILES string of the molecule is COCCCOc1cc(CN(C(=O)C2CNCC(NC(=O)C(C)(C)C)C2)C2CC2)cc(OC)c1. The Kier molecular flexibility index (Phi) is 9.19. The van der Waals surface area contributed by atoms with Crippen LogP contribution in [0, 0.1) is 11.3 Å². The smallest absolute Gasteiger partial charge is 0.227 e. The summed E-state index contributed by atoms with van der Waals surface area (Å²) in [5, 5.41) is 6.46. The number of ether oxygens (including phenoxy) is 3. The molecule has 1 aliphatic carbocycles. The second kappa shape index (κ2) is 11.9. The molecule has 34 heavy (non-hydrogen) atoms. The molecule has 1 saturated carbocycles. The van der Waals surface area contributed by atoms with Crippen molar-refractivity contribution in [3.05, 3.63) is 23.8 Å². The van der Waals surface area contributed by atoms with Gasteiger partial charge in [0.15, 0.2) is 0 Å². The molecule has 0 bridgehead atoms. The summed E-state index contributed by atoms with van der Waals surface area (Å²) in [5.74, 6) is 1.45. The highest BCUT2D eigenvalue weighted by molar-refractivity contribution is 5.82. The van der Waals surface area contributed by atoms with Gasteiger partial charge >= 0.3 is 0 Å². The lowest BCUT2D eigenvalue weighted by Crippen LogP contribution is -2.54. The van der Waals surface area contributed by atoms with Gasteiger partial charge in [-0.2, -0.15) is 0 Å².